The topological polar surface area (TPSA) is 18.5 Å². The van der Waals surface area contributed by atoms with Crippen LogP contribution in [0.15, 0.2) is 0 Å². The lowest BCUT2D eigenvalue weighted by molar-refractivity contribution is 0.253. The molecule has 1 saturated heterocycles. The molecule has 1 rings (SSSR count). The molecule has 0 aromatic rings. The SMILES string of the molecule is CC(C)B1OCC(C[Si](C)(C)C)O1. The molecule has 1 heterocycles. The Morgan fingerprint density at radius 1 is 1.38 bits per heavy atom. The number of hydrogen-bond acceptors (Lipinski definition) is 2. The normalized spacial score (nSPS) is 24.5. The third-order valence-corrected chi connectivity index (χ3v) is 3.84. The molecule has 1 unspecified atom stereocenters. The van der Waals surface area contributed by atoms with Gasteiger partial charge >= 0.3 is 7.12 Å². The fourth-order valence-electron chi connectivity index (χ4n) is 1.61. The van der Waals surface area contributed by atoms with E-state index in [4.69, 9.17) is 9.31 Å². The Morgan fingerprint density at radius 2 is 2.00 bits per heavy atom. The van der Waals surface area contributed by atoms with Crippen molar-refractivity contribution in [3.05, 3.63) is 0 Å². The van der Waals surface area contributed by atoms with E-state index in [-0.39, 0.29) is 7.12 Å². The maximum absolute atomic E-state index is 5.81. The highest BCUT2D eigenvalue weighted by atomic mass is 28.3. The van der Waals surface area contributed by atoms with Gasteiger partial charge in [0.2, 0.25) is 0 Å². The number of rotatable bonds is 3. The second-order valence-corrected chi connectivity index (χ2v) is 11.0. The Bertz CT molecular complexity index is 167. The maximum Gasteiger partial charge on any atom is 0.459 e. The van der Waals surface area contributed by atoms with Crippen molar-refractivity contribution in [1.82, 2.24) is 0 Å². The van der Waals surface area contributed by atoms with Crippen LogP contribution in [0, 0.1) is 0 Å². The van der Waals surface area contributed by atoms with Crippen molar-refractivity contribution in [2.45, 2.75) is 51.5 Å². The summed E-state index contributed by atoms with van der Waals surface area (Å²) in [6.45, 7) is 12.2. The summed E-state index contributed by atoms with van der Waals surface area (Å²) in [6, 6.07) is 1.22. The molecule has 0 saturated carbocycles. The summed E-state index contributed by atoms with van der Waals surface area (Å²) in [7, 11) is -0.949. The van der Waals surface area contributed by atoms with Crippen LogP contribution in [0.1, 0.15) is 13.8 Å². The van der Waals surface area contributed by atoms with E-state index in [9.17, 15) is 0 Å². The van der Waals surface area contributed by atoms with Gasteiger partial charge in [0, 0.05) is 8.07 Å². The molecular formula is C9H21BO2Si. The Balaban J connectivity index is 2.33. The molecule has 1 fully saturated rings. The molecule has 0 aromatic carbocycles. The third kappa shape index (κ3) is 3.83. The van der Waals surface area contributed by atoms with E-state index in [0.717, 1.165) is 6.61 Å². The molecule has 0 radical (unpaired) electrons. The highest BCUT2D eigenvalue weighted by Gasteiger charge is 2.35. The lowest BCUT2D eigenvalue weighted by Gasteiger charge is -2.20. The molecule has 1 atom stereocenters. The quantitative estimate of drug-likeness (QED) is 0.652. The second-order valence-electron chi connectivity index (χ2n) is 5.47. The van der Waals surface area contributed by atoms with Gasteiger partial charge in [-0.05, 0) is 11.9 Å². The van der Waals surface area contributed by atoms with Gasteiger partial charge in [-0.1, -0.05) is 33.5 Å². The van der Waals surface area contributed by atoms with Crippen LogP contribution in [0.4, 0.5) is 0 Å². The average Bonchev–Trinajstić information content (AvgIpc) is 2.31. The third-order valence-electron chi connectivity index (χ3n) is 2.16. The molecule has 0 aliphatic carbocycles. The summed E-state index contributed by atoms with van der Waals surface area (Å²) in [5.41, 5.74) is 0. The van der Waals surface area contributed by atoms with E-state index >= 15 is 0 Å². The average molecular weight is 200 g/mol. The fourth-order valence-corrected chi connectivity index (χ4v) is 3.19. The van der Waals surface area contributed by atoms with Crippen LogP contribution in [-0.2, 0) is 9.31 Å². The van der Waals surface area contributed by atoms with Crippen LogP contribution in [0.3, 0.4) is 0 Å². The highest BCUT2D eigenvalue weighted by molar-refractivity contribution is 6.76. The summed E-state index contributed by atoms with van der Waals surface area (Å²) in [5.74, 6) is 0.478. The first-order chi connectivity index (χ1) is 5.88. The summed E-state index contributed by atoms with van der Waals surface area (Å²) in [6.07, 6.45) is 0.360. The van der Waals surface area contributed by atoms with E-state index < -0.39 is 8.07 Å². The fraction of sp³-hybridized carbons (Fsp3) is 1.00. The maximum atomic E-state index is 5.81. The first-order valence-corrected chi connectivity index (χ1v) is 8.86. The van der Waals surface area contributed by atoms with E-state index in [1.165, 1.54) is 6.04 Å². The Labute approximate surface area is 83.2 Å². The molecule has 4 heteroatoms. The minimum Gasteiger partial charge on any atom is -0.408 e. The van der Waals surface area contributed by atoms with Crippen LogP contribution in [0.2, 0.25) is 31.5 Å². The van der Waals surface area contributed by atoms with Gasteiger partial charge in [0.25, 0.3) is 0 Å². The molecule has 76 valence electrons. The van der Waals surface area contributed by atoms with E-state index in [1.54, 1.807) is 0 Å². The molecule has 2 nitrogen and oxygen atoms in total. The summed E-state index contributed by atoms with van der Waals surface area (Å²) in [5, 5.41) is 0. The predicted octanol–water partition coefficient (Wildman–Crippen LogP) is 2.64. The van der Waals surface area contributed by atoms with E-state index in [0.29, 0.717) is 11.9 Å². The molecule has 0 spiro atoms. The molecule has 13 heavy (non-hydrogen) atoms. The first-order valence-electron chi connectivity index (χ1n) is 5.15. The van der Waals surface area contributed by atoms with Gasteiger partial charge in [-0.25, -0.2) is 0 Å². The zero-order valence-electron chi connectivity index (χ0n) is 9.46. The monoisotopic (exact) mass is 200 g/mol. The van der Waals surface area contributed by atoms with Crippen molar-refractivity contribution >= 4 is 15.2 Å². The van der Waals surface area contributed by atoms with Gasteiger partial charge < -0.3 is 9.31 Å². The molecular weight excluding hydrogens is 179 g/mol. The lowest BCUT2D eigenvalue weighted by atomic mass is 9.75. The standard InChI is InChI=1S/C9H21BO2Si/c1-8(2)10-11-6-9(12-10)7-13(3,4)5/h8-9H,6-7H2,1-5H3. The van der Waals surface area contributed by atoms with Crippen molar-refractivity contribution in [2.24, 2.45) is 0 Å². The van der Waals surface area contributed by atoms with Gasteiger partial charge in [-0.3, -0.25) is 0 Å². The minimum absolute atomic E-state index is 0.0429. The molecule has 1 aliphatic rings. The predicted molar refractivity (Wildman–Crippen MR) is 59.8 cm³/mol. The van der Waals surface area contributed by atoms with Crippen LogP contribution in [-0.4, -0.2) is 27.9 Å². The Hall–Kier alpha value is 0.202. The zero-order chi connectivity index (χ0) is 10.1. The minimum atomic E-state index is -0.992. The molecule has 0 bridgehead atoms. The van der Waals surface area contributed by atoms with Crippen molar-refractivity contribution in [1.29, 1.82) is 0 Å². The lowest BCUT2D eigenvalue weighted by Crippen LogP contribution is -2.29. The molecule has 0 N–H and O–H groups in total. The molecule has 0 aromatic heterocycles. The highest BCUT2D eigenvalue weighted by Crippen LogP contribution is 2.24. The van der Waals surface area contributed by atoms with Crippen LogP contribution >= 0.6 is 0 Å². The van der Waals surface area contributed by atoms with Gasteiger partial charge in [0.1, 0.15) is 0 Å². The van der Waals surface area contributed by atoms with Gasteiger partial charge in [-0.15, -0.1) is 0 Å². The molecule has 1 aliphatic heterocycles. The van der Waals surface area contributed by atoms with E-state index in [2.05, 4.69) is 33.5 Å². The Kier molecular flexibility index (Phi) is 3.60. The van der Waals surface area contributed by atoms with Gasteiger partial charge in [-0.2, -0.15) is 0 Å². The second kappa shape index (κ2) is 4.15. The van der Waals surface area contributed by atoms with E-state index in [1.807, 2.05) is 0 Å². The largest absolute Gasteiger partial charge is 0.459 e. The Morgan fingerprint density at radius 3 is 2.38 bits per heavy atom. The molecule has 0 amide bonds. The summed E-state index contributed by atoms with van der Waals surface area (Å²) >= 11 is 0. The first kappa shape index (κ1) is 11.3. The summed E-state index contributed by atoms with van der Waals surface area (Å²) in [4.78, 5) is 0. The summed E-state index contributed by atoms with van der Waals surface area (Å²) < 4.78 is 11.4. The van der Waals surface area contributed by atoms with Crippen molar-refractivity contribution < 1.29 is 9.31 Å². The van der Waals surface area contributed by atoms with Crippen molar-refractivity contribution in [3.63, 3.8) is 0 Å². The zero-order valence-corrected chi connectivity index (χ0v) is 10.5. The number of hydrogen-bond donors (Lipinski definition) is 0. The van der Waals surface area contributed by atoms with Crippen molar-refractivity contribution in [2.75, 3.05) is 6.61 Å². The van der Waals surface area contributed by atoms with Crippen LogP contribution in [0.5, 0.6) is 0 Å². The van der Waals surface area contributed by atoms with Crippen LogP contribution in [0.25, 0.3) is 0 Å². The van der Waals surface area contributed by atoms with Crippen LogP contribution < -0.4 is 0 Å². The van der Waals surface area contributed by atoms with Crippen molar-refractivity contribution in [3.8, 4) is 0 Å². The smallest absolute Gasteiger partial charge is 0.408 e. The van der Waals surface area contributed by atoms with Gasteiger partial charge in [0.15, 0.2) is 0 Å². The van der Waals surface area contributed by atoms with Gasteiger partial charge in [0.05, 0.1) is 12.7 Å².